The highest BCUT2D eigenvalue weighted by atomic mass is 16.2. The third-order valence-corrected chi connectivity index (χ3v) is 3.74. The van der Waals surface area contributed by atoms with Gasteiger partial charge in [0, 0.05) is 13.6 Å². The molecular weight excluding hydrogens is 188 g/mol. The van der Waals surface area contributed by atoms with Crippen molar-refractivity contribution >= 4 is 5.91 Å². The highest BCUT2D eigenvalue weighted by Crippen LogP contribution is 2.25. The van der Waals surface area contributed by atoms with E-state index in [0.717, 1.165) is 31.8 Å². The number of rotatable bonds is 3. The lowest BCUT2D eigenvalue weighted by Gasteiger charge is -2.24. The monoisotopic (exact) mass is 210 g/mol. The Morgan fingerprint density at radius 3 is 2.60 bits per heavy atom. The topological polar surface area (TPSA) is 32.3 Å². The molecule has 2 rings (SSSR count). The van der Waals surface area contributed by atoms with Crippen molar-refractivity contribution in [1.82, 2.24) is 10.2 Å². The molecule has 0 radical (unpaired) electrons. The fraction of sp³-hybridized carbons (Fsp3) is 0.917. The van der Waals surface area contributed by atoms with Gasteiger partial charge in [0.2, 0.25) is 5.91 Å². The van der Waals surface area contributed by atoms with Crippen LogP contribution in [-0.2, 0) is 4.79 Å². The minimum absolute atomic E-state index is 0.108. The van der Waals surface area contributed by atoms with E-state index in [2.05, 4.69) is 5.32 Å². The smallest absolute Gasteiger partial charge is 0.239 e. The summed E-state index contributed by atoms with van der Waals surface area (Å²) in [6.45, 7) is 1.98. The minimum atomic E-state index is 0.108. The van der Waals surface area contributed by atoms with Crippen molar-refractivity contribution in [2.45, 2.75) is 44.6 Å². The van der Waals surface area contributed by atoms with Gasteiger partial charge in [0.25, 0.3) is 0 Å². The molecule has 2 aliphatic rings. The summed E-state index contributed by atoms with van der Waals surface area (Å²) in [7, 11) is 1.96. The van der Waals surface area contributed by atoms with E-state index in [1.54, 1.807) is 0 Å². The Hall–Kier alpha value is -0.570. The first-order chi connectivity index (χ1) is 7.27. The van der Waals surface area contributed by atoms with Gasteiger partial charge in [0.15, 0.2) is 0 Å². The Bertz CT molecular complexity index is 218. The lowest BCUT2D eigenvalue weighted by molar-refractivity contribution is -0.132. The van der Waals surface area contributed by atoms with Gasteiger partial charge in [-0.25, -0.2) is 0 Å². The normalized spacial score (nSPS) is 27.1. The van der Waals surface area contributed by atoms with Crippen LogP contribution in [0.5, 0.6) is 0 Å². The number of nitrogens with one attached hydrogen (secondary N) is 1. The maximum absolute atomic E-state index is 12.0. The Morgan fingerprint density at radius 1 is 1.27 bits per heavy atom. The summed E-state index contributed by atoms with van der Waals surface area (Å²) in [6, 6.07) is 0.108. The minimum Gasteiger partial charge on any atom is -0.344 e. The van der Waals surface area contributed by atoms with Crippen LogP contribution in [0.3, 0.4) is 0 Å². The fourth-order valence-corrected chi connectivity index (χ4v) is 2.83. The Kier molecular flexibility index (Phi) is 3.62. The SMILES string of the molecule is CN(CC1CCCC1)C(=O)[C@@H]1CCCN1. The van der Waals surface area contributed by atoms with Gasteiger partial charge in [0.1, 0.15) is 0 Å². The molecule has 1 heterocycles. The van der Waals surface area contributed by atoms with Crippen LogP contribution in [0, 0.1) is 5.92 Å². The molecule has 1 saturated carbocycles. The standard InChI is InChI=1S/C12H22N2O/c1-14(9-10-5-2-3-6-10)12(15)11-7-4-8-13-11/h10-11,13H,2-9H2,1H3/t11-/m0/s1. The Morgan fingerprint density at radius 2 is 2.00 bits per heavy atom. The summed E-state index contributed by atoms with van der Waals surface area (Å²) in [4.78, 5) is 13.9. The number of likely N-dealkylation sites (N-methyl/N-ethyl adjacent to an activating group) is 1. The molecule has 3 heteroatoms. The van der Waals surface area contributed by atoms with Crippen molar-refractivity contribution in [3.63, 3.8) is 0 Å². The lowest BCUT2D eigenvalue weighted by atomic mass is 10.1. The second-order valence-electron chi connectivity index (χ2n) is 5.02. The van der Waals surface area contributed by atoms with Crippen LogP contribution in [0.15, 0.2) is 0 Å². The van der Waals surface area contributed by atoms with Crippen LogP contribution >= 0.6 is 0 Å². The zero-order valence-electron chi connectivity index (χ0n) is 9.67. The van der Waals surface area contributed by atoms with E-state index in [4.69, 9.17) is 0 Å². The molecule has 1 N–H and O–H groups in total. The van der Waals surface area contributed by atoms with Gasteiger partial charge in [-0.1, -0.05) is 12.8 Å². The van der Waals surface area contributed by atoms with Crippen LogP contribution < -0.4 is 5.32 Å². The molecule has 0 aromatic heterocycles. The van der Waals surface area contributed by atoms with E-state index in [1.165, 1.54) is 25.7 Å². The van der Waals surface area contributed by atoms with Crippen LogP contribution in [0.4, 0.5) is 0 Å². The van der Waals surface area contributed by atoms with E-state index in [0.29, 0.717) is 5.91 Å². The summed E-state index contributed by atoms with van der Waals surface area (Å²) in [6.07, 6.45) is 7.51. The maximum atomic E-state index is 12.0. The second-order valence-corrected chi connectivity index (χ2v) is 5.02. The Balaban J connectivity index is 1.78. The Labute approximate surface area is 92.2 Å². The first-order valence-electron chi connectivity index (χ1n) is 6.26. The highest BCUT2D eigenvalue weighted by Gasteiger charge is 2.26. The molecule has 1 amide bonds. The van der Waals surface area contributed by atoms with Gasteiger partial charge in [-0.2, -0.15) is 0 Å². The molecule has 0 aromatic carbocycles. The fourth-order valence-electron chi connectivity index (χ4n) is 2.83. The number of hydrogen-bond donors (Lipinski definition) is 1. The van der Waals surface area contributed by atoms with Gasteiger partial charge in [-0.05, 0) is 38.1 Å². The lowest BCUT2D eigenvalue weighted by Crippen LogP contribution is -2.43. The van der Waals surface area contributed by atoms with E-state index in [1.807, 2.05) is 11.9 Å². The number of hydrogen-bond acceptors (Lipinski definition) is 2. The molecule has 2 fully saturated rings. The number of nitrogens with zero attached hydrogens (tertiary/aromatic N) is 1. The van der Waals surface area contributed by atoms with Crippen LogP contribution in [0.25, 0.3) is 0 Å². The number of carbonyl (C=O) groups is 1. The zero-order chi connectivity index (χ0) is 10.7. The van der Waals surface area contributed by atoms with Gasteiger partial charge < -0.3 is 10.2 Å². The van der Waals surface area contributed by atoms with Crippen LogP contribution in [-0.4, -0.2) is 37.0 Å². The zero-order valence-corrected chi connectivity index (χ0v) is 9.67. The summed E-state index contributed by atoms with van der Waals surface area (Å²) in [5.74, 6) is 1.07. The van der Waals surface area contributed by atoms with Crippen molar-refractivity contribution in [2.75, 3.05) is 20.1 Å². The van der Waals surface area contributed by atoms with Crippen molar-refractivity contribution in [2.24, 2.45) is 5.92 Å². The molecule has 86 valence electrons. The van der Waals surface area contributed by atoms with Crippen molar-refractivity contribution in [3.8, 4) is 0 Å². The van der Waals surface area contributed by atoms with Gasteiger partial charge in [-0.3, -0.25) is 4.79 Å². The molecule has 0 aromatic rings. The number of amides is 1. The number of carbonyl (C=O) groups excluding carboxylic acids is 1. The largest absolute Gasteiger partial charge is 0.344 e. The molecule has 3 nitrogen and oxygen atoms in total. The average Bonchev–Trinajstić information content (AvgIpc) is 2.88. The molecule has 0 unspecified atom stereocenters. The first kappa shape index (κ1) is 10.9. The molecule has 0 bridgehead atoms. The third-order valence-electron chi connectivity index (χ3n) is 3.74. The second kappa shape index (κ2) is 4.97. The van der Waals surface area contributed by atoms with E-state index < -0.39 is 0 Å². The summed E-state index contributed by atoms with van der Waals surface area (Å²) in [5, 5.41) is 3.27. The van der Waals surface area contributed by atoms with E-state index in [9.17, 15) is 4.79 Å². The maximum Gasteiger partial charge on any atom is 0.239 e. The molecular formula is C12H22N2O. The molecule has 1 saturated heterocycles. The van der Waals surface area contributed by atoms with E-state index >= 15 is 0 Å². The van der Waals surface area contributed by atoms with Crippen LogP contribution in [0.2, 0.25) is 0 Å². The quantitative estimate of drug-likeness (QED) is 0.763. The predicted octanol–water partition coefficient (Wildman–Crippen LogP) is 1.39. The molecule has 15 heavy (non-hydrogen) atoms. The van der Waals surface area contributed by atoms with Crippen molar-refractivity contribution in [1.29, 1.82) is 0 Å². The summed E-state index contributed by atoms with van der Waals surface area (Å²) >= 11 is 0. The average molecular weight is 210 g/mol. The summed E-state index contributed by atoms with van der Waals surface area (Å²) < 4.78 is 0. The summed E-state index contributed by atoms with van der Waals surface area (Å²) in [5.41, 5.74) is 0. The predicted molar refractivity (Wildman–Crippen MR) is 60.6 cm³/mol. The van der Waals surface area contributed by atoms with Gasteiger partial charge >= 0.3 is 0 Å². The van der Waals surface area contributed by atoms with Crippen molar-refractivity contribution < 1.29 is 4.79 Å². The molecule has 1 aliphatic carbocycles. The first-order valence-corrected chi connectivity index (χ1v) is 6.26. The van der Waals surface area contributed by atoms with Crippen molar-refractivity contribution in [3.05, 3.63) is 0 Å². The third kappa shape index (κ3) is 2.71. The van der Waals surface area contributed by atoms with E-state index in [-0.39, 0.29) is 6.04 Å². The van der Waals surface area contributed by atoms with Gasteiger partial charge in [0.05, 0.1) is 6.04 Å². The van der Waals surface area contributed by atoms with Crippen LogP contribution in [0.1, 0.15) is 38.5 Å². The molecule has 0 spiro atoms. The van der Waals surface area contributed by atoms with Gasteiger partial charge in [-0.15, -0.1) is 0 Å². The molecule has 1 aliphatic heterocycles. The highest BCUT2D eigenvalue weighted by molar-refractivity contribution is 5.81. The molecule has 1 atom stereocenters.